The van der Waals surface area contributed by atoms with Gasteiger partial charge in [-0.15, -0.1) is 0 Å². The number of rotatable bonds is 4. The number of benzene rings is 2. The molecule has 26 heavy (non-hydrogen) atoms. The van der Waals surface area contributed by atoms with Crippen LogP contribution in [0.25, 0.3) is 10.8 Å². The van der Waals surface area contributed by atoms with Gasteiger partial charge < -0.3 is 10.6 Å². The monoisotopic (exact) mass is 384 g/mol. The van der Waals surface area contributed by atoms with Gasteiger partial charge in [-0.25, -0.2) is 0 Å². The highest BCUT2D eigenvalue weighted by Crippen LogP contribution is 2.31. The summed E-state index contributed by atoms with van der Waals surface area (Å²) in [6.45, 7) is 5.41. The Labute approximate surface area is 163 Å². The molecular formula is C18H20N6S2. The third kappa shape index (κ3) is 3.66. The fourth-order valence-corrected chi connectivity index (χ4v) is 3.21. The Morgan fingerprint density at radius 1 is 0.808 bits per heavy atom. The lowest BCUT2D eigenvalue weighted by Gasteiger charge is -2.08. The maximum absolute atomic E-state index is 5.22. The van der Waals surface area contributed by atoms with Gasteiger partial charge in [0.25, 0.3) is 0 Å². The second-order valence-electron chi connectivity index (χ2n) is 5.57. The molecule has 8 heteroatoms. The molecule has 0 aliphatic heterocycles. The zero-order chi connectivity index (χ0) is 18.5. The molecule has 0 radical (unpaired) electrons. The van der Waals surface area contributed by atoms with Crippen molar-refractivity contribution in [3.63, 3.8) is 0 Å². The van der Waals surface area contributed by atoms with Crippen LogP contribution in [0.1, 0.15) is 25.0 Å². The molecule has 1 aliphatic rings. The van der Waals surface area contributed by atoms with Gasteiger partial charge in [-0.05, 0) is 43.7 Å². The molecule has 0 fully saturated rings. The zero-order valence-electron chi connectivity index (χ0n) is 14.6. The summed E-state index contributed by atoms with van der Waals surface area (Å²) in [5.74, 6) is 0. The summed E-state index contributed by atoms with van der Waals surface area (Å²) in [7, 11) is 0. The molecule has 0 saturated carbocycles. The van der Waals surface area contributed by atoms with Crippen LogP contribution in [0.2, 0.25) is 0 Å². The van der Waals surface area contributed by atoms with Crippen LogP contribution in [0.4, 0.5) is 0 Å². The molecule has 3 rings (SSSR count). The number of hydrogen-bond acceptors (Lipinski definition) is 4. The molecule has 2 aromatic carbocycles. The van der Waals surface area contributed by atoms with Crippen LogP contribution in [0.3, 0.4) is 0 Å². The molecule has 0 unspecified atom stereocenters. The van der Waals surface area contributed by atoms with Crippen LogP contribution < -0.4 is 21.5 Å². The van der Waals surface area contributed by atoms with Crippen LogP contribution in [0.15, 0.2) is 46.6 Å². The molecule has 0 atom stereocenters. The molecular weight excluding hydrogens is 364 g/mol. The van der Waals surface area contributed by atoms with Gasteiger partial charge in [0.2, 0.25) is 0 Å². The second kappa shape index (κ2) is 8.20. The molecule has 0 bridgehead atoms. The second-order valence-corrected chi connectivity index (χ2v) is 6.39. The fourth-order valence-electron chi connectivity index (χ4n) is 2.83. The van der Waals surface area contributed by atoms with Crippen LogP contribution in [0.5, 0.6) is 0 Å². The van der Waals surface area contributed by atoms with E-state index in [1.165, 1.54) is 0 Å². The van der Waals surface area contributed by atoms with Crippen molar-refractivity contribution in [3.05, 3.63) is 47.5 Å². The number of hydrazone groups is 2. The van der Waals surface area contributed by atoms with Gasteiger partial charge in [-0.2, -0.15) is 10.2 Å². The zero-order valence-corrected chi connectivity index (χ0v) is 16.2. The Kier molecular flexibility index (Phi) is 5.75. The van der Waals surface area contributed by atoms with E-state index < -0.39 is 0 Å². The van der Waals surface area contributed by atoms with E-state index in [0.29, 0.717) is 10.2 Å². The van der Waals surface area contributed by atoms with E-state index in [0.717, 1.165) is 46.4 Å². The molecule has 4 N–H and O–H groups in total. The van der Waals surface area contributed by atoms with Gasteiger partial charge in [-0.3, -0.25) is 10.9 Å². The highest BCUT2D eigenvalue weighted by atomic mass is 32.1. The lowest BCUT2D eigenvalue weighted by atomic mass is 10.1. The predicted molar refractivity (Wildman–Crippen MR) is 116 cm³/mol. The summed E-state index contributed by atoms with van der Waals surface area (Å²) in [4.78, 5) is 0. The van der Waals surface area contributed by atoms with Gasteiger partial charge in [0.15, 0.2) is 10.2 Å². The van der Waals surface area contributed by atoms with E-state index in [2.05, 4.69) is 43.8 Å². The number of thiocarbonyl (C=S) groups is 2. The van der Waals surface area contributed by atoms with Gasteiger partial charge >= 0.3 is 0 Å². The fraction of sp³-hybridized carbons (Fsp3) is 0.222. The smallest absolute Gasteiger partial charge is 0.186 e. The van der Waals surface area contributed by atoms with Gasteiger partial charge in [0, 0.05) is 29.6 Å². The molecule has 0 spiro atoms. The standard InChI is InChI=1S/C18H20N6S2/c1-3-19-17(25)23-21-15-12-9-5-7-11-8-6-10-13(14(11)12)16(15)22-24-18(26)20-4-2/h5-10H,3-4H2,1-2H3,(H2,19,23,25)(H2,20,24,26)/b21-15+,22-16+. The summed E-state index contributed by atoms with van der Waals surface area (Å²) in [5, 5.41) is 18.3. The third-order valence-electron chi connectivity index (χ3n) is 3.85. The molecule has 1 aliphatic carbocycles. The molecule has 0 aromatic heterocycles. The summed E-state index contributed by atoms with van der Waals surface area (Å²) in [5.41, 5.74) is 9.27. The summed E-state index contributed by atoms with van der Waals surface area (Å²) in [6.07, 6.45) is 0. The lowest BCUT2D eigenvalue weighted by Crippen LogP contribution is -2.34. The van der Waals surface area contributed by atoms with Crippen molar-refractivity contribution in [1.29, 1.82) is 0 Å². The summed E-state index contributed by atoms with van der Waals surface area (Å²) >= 11 is 10.4. The molecule has 6 nitrogen and oxygen atoms in total. The Balaban J connectivity index is 2.03. The topological polar surface area (TPSA) is 72.8 Å². The van der Waals surface area contributed by atoms with Crippen LogP contribution in [-0.2, 0) is 0 Å². The lowest BCUT2D eigenvalue weighted by molar-refractivity contribution is 0.898. The van der Waals surface area contributed by atoms with Gasteiger partial charge in [0.05, 0.1) is 0 Å². The summed E-state index contributed by atoms with van der Waals surface area (Å²) in [6, 6.07) is 12.3. The van der Waals surface area contributed by atoms with Crippen molar-refractivity contribution in [2.24, 2.45) is 10.2 Å². The van der Waals surface area contributed by atoms with Crippen molar-refractivity contribution >= 4 is 56.9 Å². The maximum Gasteiger partial charge on any atom is 0.186 e. The first-order chi connectivity index (χ1) is 12.7. The van der Waals surface area contributed by atoms with E-state index in [-0.39, 0.29) is 0 Å². The first-order valence-electron chi connectivity index (χ1n) is 8.41. The Morgan fingerprint density at radius 3 is 1.69 bits per heavy atom. The molecule has 0 amide bonds. The minimum Gasteiger partial charge on any atom is -0.362 e. The average molecular weight is 385 g/mol. The number of nitrogens with zero attached hydrogens (tertiary/aromatic N) is 2. The first-order valence-corrected chi connectivity index (χ1v) is 9.23. The van der Waals surface area contributed by atoms with Crippen molar-refractivity contribution in [2.45, 2.75) is 13.8 Å². The Bertz CT molecular complexity index is 848. The van der Waals surface area contributed by atoms with E-state index in [1.54, 1.807) is 0 Å². The molecule has 2 aromatic rings. The quantitative estimate of drug-likeness (QED) is 0.479. The number of hydrogen-bond donors (Lipinski definition) is 4. The highest BCUT2D eigenvalue weighted by molar-refractivity contribution is 7.80. The SMILES string of the molecule is CCNC(=S)N/N=C1/C(=N/NC(=S)NCC)c2cccc3cccc1c23. The van der Waals surface area contributed by atoms with Crippen LogP contribution in [0, 0.1) is 0 Å². The number of nitrogens with one attached hydrogen (secondary N) is 4. The third-order valence-corrected chi connectivity index (χ3v) is 4.32. The van der Waals surface area contributed by atoms with Crippen LogP contribution >= 0.6 is 24.4 Å². The molecule has 134 valence electrons. The van der Waals surface area contributed by atoms with Crippen molar-refractivity contribution in [3.8, 4) is 0 Å². The average Bonchev–Trinajstić information content (AvgIpc) is 2.94. The maximum atomic E-state index is 5.22. The van der Waals surface area contributed by atoms with Crippen molar-refractivity contribution in [1.82, 2.24) is 21.5 Å². The van der Waals surface area contributed by atoms with Gasteiger partial charge in [-0.1, -0.05) is 36.4 Å². The van der Waals surface area contributed by atoms with E-state index in [1.807, 2.05) is 38.1 Å². The summed E-state index contributed by atoms with van der Waals surface area (Å²) < 4.78 is 0. The van der Waals surface area contributed by atoms with E-state index in [9.17, 15) is 0 Å². The van der Waals surface area contributed by atoms with Gasteiger partial charge in [0.1, 0.15) is 11.4 Å². The normalized spacial score (nSPS) is 15.3. The molecule has 0 saturated heterocycles. The van der Waals surface area contributed by atoms with E-state index in [4.69, 9.17) is 24.4 Å². The molecule has 0 heterocycles. The Morgan fingerprint density at radius 2 is 1.27 bits per heavy atom. The minimum absolute atomic E-state index is 0.471. The van der Waals surface area contributed by atoms with Crippen molar-refractivity contribution in [2.75, 3.05) is 13.1 Å². The van der Waals surface area contributed by atoms with Crippen LogP contribution in [-0.4, -0.2) is 34.7 Å². The minimum atomic E-state index is 0.471. The first kappa shape index (κ1) is 18.2. The predicted octanol–water partition coefficient (Wildman–Crippen LogP) is 2.23. The largest absolute Gasteiger partial charge is 0.362 e. The Hall–Kier alpha value is -2.58. The van der Waals surface area contributed by atoms with E-state index >= 15 is 0 Å². The highest BCUT2D eigenvalue weighted by Gasteiger charge is 2.27. The van der Waals surface area contributed by atoms with Crippen molar-refractivity contribution < 1.29 is 0 Å².